The molecule has 0 heterocycles. The normalized spacial score (nSPS) is 23.1. The summed E-state index contributed by atoms with van der Waals surface area (Å²) in [7, 11) is 0. The predicted octanol–water partition coefficient (Wildman–Crippen LogP) is 9.20. The summed E-state index contributed by atoms with van der Waals surface area (Å²) >= 11 is 3.38. The molecule has 2 atom stereocenters. The van der Waals surface area contributed by atoms with Crippen LogP contribution in [-0.2, 0) is 59.3 Å². The van der Waals surface area contributed by atoms with E-state index in [0.29, 0.717) is 0 Å². The Morgan fingerprint density at radius 2 is 0.806 bits per heavy atom. The van der Waals surface area contributed by atoms with Crippen LogP contribution in [0.1, 0.15) is 199 Å². The van der Waals surface area contributed by atoms with Crippen molar-refractivity contribution in [2.24, 2.45) is 21.7 Å². The quantitative estimate of drug-likeness (QED) is 0.264. The molecule has 0 nitrogen and oxygen atoms in total. The van der Waals surface area contributed by atoms with Crippen LogP contribution in [-0.4, -0.2) is 6.41 Å². The first-order chi connectivity index (χ1) is 32.7. The molecular formula is C68H86Cl2Zr2-4. The third-order valence-corrected chi connectivity index (χ3v) is 19.3. The fraction of sp³-hybridized carbons (Fsp3) is 0.500. The number of rotatable bonds is 2. The molecule has 2 aromatic carbocycles. The fourth-order valence-corrected chi connectivity index (χ4v) is 13.4. The molecule has 2 saturated carbocycles. The van der Waals surface area contributed by atoms with Crippen molar-refractivity contribution >= 4 is 29.7 Å². The van der Waals surface area contributed by atoms with E-state index in [1.54, 1.807) is 54.9 Å². The minimum absolute atomic E-state index is 0. The first-order valence-electron chi connectivity index (χ1n) is 27.0. The number of halogens is 2. The van der Waals surface area contributed by atoms with Crippen LogP contribution in [0.4, 0.5) is 0 Å². The molecule has 0 bridgehead atoms. The van der Waals surface area contributed by atoms with Crippen LogP contribution in [0, 0.1) is 33.8 Å². The molecule has 4 heteroatoms. The van der Waals surface area contributed by atoms with E-state index in [-0.39, 0.29) is 57.3 Å². The molecule has 0 aromatic heterocycles. The van der Waals surface area contributed by atoms with Crippen molar-refractivity contribution in [3.63, 3.8) is 0 Å². The summed E-state index contributed by atoms with van der Waals surface area (Å²) in [5, 5.41) is 5.37. The summed E-state index contributed by atoms with van der Waals surface area (Å²) in [5.74, 6) is 0. The summed E-state index contributed by atoms with van der Waals surface area (Å²) in [6, 6.07) is 13.9. The third kappa shape index (κ3) is 12.8. The maximum atomic E-state index is 4.01. The Balaban J connectivity index is 0.000000206. The van der Waals surface area contributed by atoms with Crippen molar-refractivity contribution in [2.75, 3.05) is 0 Å². The average Bonchev–Trinajstić information content (AvgIpc) is 4.04. The van der Waals surface area contributed by atoms with Gasteiger partial charge in [0.05, 0.1) is 0 Å². The van der Waals surface area contributed by atoms with Gasteiger partial charge in [0.15, 0.2) is 0 Å². The number of benzene rings is 2. The molecule has 8 aliphatic carbocycles. The van der Waals surface area contributed by atoms with E-state index in [4.69, 9.17) is 0 Å². The Morgan fingerprint density at radius 1 is 0.472 bits per heavy atom. The zero-order valence-corrected chi connectivity index (χ0v) is 53.8. The summed E-state index contributed by atoms with van der Waals surface area (Å²) in [6.07, 6.45) is 43.8. The van der Waals surface area contributed by atoms with Crippen molar-refractivity contribution in [1.82, 2.24) is 0 Å². The monoisotopic (exact) mass is 1150 g/mol. The number of allylic oxidation sites excluding steroid dienone is 16. The van der Waals surface area contributed by atoms with E-state index in [9.17, 15) is 0 Å². The molecule has 72 heavy (non-hydrogen) atoms. The molecular weight excluding hydrogens is 1070 g/mol. The summed E-state index contributed by atoms with van der Waals surface area (Å²) in [6.45, 7) is 36.8. The van der Waals surface area contributed by atoms with E-state index < -0.39 is 0 Å². The van der Waals surface area contributed by atoms with E-state index >= 15 is 0 Å². The average molecular weight is 1160 g/mol. The molecule has 0 radical (unpaired) electrons. The van der Waals surface area contributed by atoms with Crippen LogP contribution in [0.3, 0.4) is 0 Å². The van der Waals surface area contributed by atoms with Gasteiger partial charge < -0.3 is 24.8 Å². The molecule has 2 aromatic rings. The van der Waals surface area contributed by atoms with Gasteiger partial charge in [-0.1, -0.05) is 187 Å². The molecule has 0 spiro atoms. The summed E-state index contributed by atoms with van der Waals surface area (Å²) in [5.41, 5.74) is 16.9. The van der Waals surface area contributed by atoms with Gasteiger partial charge in [-0.05, 0) is 95.3 Å². The van der Waals surface area contributed by atoms with Gasteiger partial charge in [-0.25, -0.2) is 0 Å². The third-order valence-electron chi connectivity index (χ3n) is 16.8. The second-order valence-corrected chi connectivity index (χ2v) is 29.3. The fourth-order valence-electron chi connectivity index (χ4n) is 11.6. The van der Waals surface area contributed by atoms with Crippen LogP contribution in [0.15, 0.2) is 117 Å². The molecule has 8 aliphatic rings. The van der Waals surface area contributed by atoms with Crippen LogP contribution in [0.5, 0.6) is 0 Å². The van der Waals surface area contributed by atoms with Gasteiger partial charge in [0, 0.05) is 0 Å². The zero-order valence-electron chi connectivity index (χ0n) is 47.3. The first-order valence-corrected chi connectivity index (χ1v) is 29.4. The standard InChI is InChI=1S/2C28H33.2C6H10.2ClH.2Zr/c2*1-18-9-12-25(19(18)2)28(27(6,7)8)14-13-24-21(17-28)15-20-16-22(26(3,4)5)10-11-23(20)24;2*1-2-4-6-5-3-1;;;;/h2*9-11,13-16H,12H2,1-8H3;2*1-5H2;2*1H;;/q2*-1;;;;;;/p-2. The van der Waals surface area contributed by atoms with Crippen LogP contribution in [0.25, 0.3) is 23.3 Å². The Kier molecular flexibility index (Phi) is 20.0. The first kappa shape index (κ1) is 60.8. The molecule has 0 aliphatic heterocycles. The van der Waals surface area contributed by atoms with E-state index in [0.717, 1.165) is 12.8 Å². The van der Waals surface area contributed by atoms with E-state index in [2.05, 4.69) is 208 Å². The van der Waals surface area contributed by atoms with Crippen molar-refractivity contribution in [3.8, 4) is 0 Å². The van der Waals surface area contributed by atoms with Crippen LogP contribution in [0.2, 0.25) is 0 Å². The molecule has 0 saturated heterocycles. The Morgan fingerprint density at radius 3 is 1.06 bits per heavy atom. The van der Waals surface area contributed by atoms with Crippen molar-refractivity contribution < 1.29 is 73.3 Å². The predicted molar refractivity (Wildman–Crippen MR) is 298 cm³/mol. The minimum atomic E-state index is -0.157. The van der Waals surface area contributed by atoms with Crippen LogP contribution < -0.4 is 45.7 Å². The second-order valence-electron chi connectivity index (χ2n) is 25.8. The summed E-state index contributed by atoms with van der Waals surface area (Å²) in [4.78, 5) is 0. The van der Waals surface area contributed by atoms with E-state index in [1.165, 1.54) is 152 Å². The van der Waals surface area contributed by atoms with E-state index in [1.807, 2.05) is 0 Å². The SMILES string of the molecule is CC1=CCC(C2(C(C)(C)C)[C-]=C3C=c4cc(C(C)(C)C)ccc4=C3C=C2)=C1C.CC1=CCC(C2(C(C)(C)C)[C-]=C3C=c4cc(C(C)(C)C)ccc4=C3C=C2)=C1C.[Cl-].[Cl-].[Zr]=[C]1CCCCC1.[Zr]=[C]1CCCCC1. The van der Waals surface area contributed by atoms with Crippen molar-refractivity contribution in [3.05, 3.63) is 162 Å². The maximum absolute atomic E-state index is 4.01. The Labute approximate surface area is 480 Å². The molecule has 2 fully saturated rings. The van der Waals surface area contributed by atoms with Crippen LogP contribution >= 0.6 is 0 Å². The van der Waals surface area contributed by atoms with Gasteiger partial charge >= 0.3 is 119 Å². The van der Waals surface area contributed by atoms with Gasteiger partial charge in [0.1, 0.15) is 0 Å². The van der Waals surface area contributed by atoms with Crippen molar-refractivity contribution in [1.29, 1.82) is 0 Å². The Bertz CT molecular complexity index is 2760. The van der Waals surface area contributed by atoms with Gasteiger partial charge in [0.2, 0.25) is 0 Å². The second kappa shape index (κ2) is 23.7. The Hall–Kier alpha value is -2.07. The number of fused-ring (bicyclic) bond motifs is 4. The van der Waals surface area contributed by atoms with Gasteiger partial charge in [0.25, 0.3) is 0 Å². The molecule has 2 unspecified atom stereocenters. The van der Waals surface area contributed by atoms with Gasteiger partial charge in [-0.2, -0.15) is 35.5 Å². The molecule has 384 valence electrons. The number of hydrogen-bond donors (Lipinski definition) is 0. The van der Waals surface area contributed by atoms with Crippen molar-refractivity contribution in [2.45, 2.75) is 199 Å². The zero-order chi connectivity index (χ0) is 51.2. The van der Waals surface area contributed by atoms with Gasteiger partial charge in [-0.3, -0.25) is 0 Å². The topological polar surface area (TPSA) is 0 Å². The summed E-state index contributed by atoms with van der Waals surface area (Å²) < 4.78 is 3.61. The molecule has 10 rings (SSSR count). The molecule has 0 N–H and O–H groups in total. The number of hydrogen-bond acceptors (Lipinski definition) is 0. The van der Waals surface area contributed by atoms with Gasteiger partial charge in [-0.15, -0.1) is 23.3 Å². The molecule has 0 amide bonds.